The maximum atomic E-state index is 5.45. The van der Waals surface area contributed by atoms with E-state index in [1.54, 1.807) is 0 Å². The first-order valence-corrected chi connectivity index (χ1v) is 5.97. The molecule has 120 valence electrons. The van der Waals surface area contributed by atoms with E-state index in [4.69, 9.17) is 30.4 Å². The Balaban J connectivity index is 0.000000220. The predicted molar refractivity (Wildman–Crippen MR) is 79.1 cm³/mol. The van der Waals surface area contributed by atoms with Crippen molar-refractivity contribution in [2.45, 2.75) is 0 Å². The Morgan fingerprint density at radius 3 is 2.00 bits per heavy atom. The molecule has 0 fully saturated rings. The predicted octanol–water partition coefficient (Wildman–Crippen LogP) is 0.152. The molecule has 0 aliphatic rings. The van der Waals surface area contributed by atoms with Gasteiger partial charge in [0.1, 0.15) is 5.82 Å². The monoisotopic (exact) mass is 310 g/mol. The molecular weight excluding hydrogens is 292 g/mol. The average Bonchev–Trinajstić information content (AvgIpc) is 2.54. The lowest BCUT2D eigenvalue weighted by Gasteiger charge is -2.02. The van der Waals surface area contributed by atoms with E-state index in [9.17, 15) is 0 Å². The van der Waals surface area contributed by atoms with Crippen molar-refractivity contribution in [2.24, 2.45) is 0 Å². The lowest BCUT2D eigenvalue weighted by molar-refractivity contribution is 0.353. The van der Waals surface area contributed by atoms with Gasteiger partial charge in [-0.25, -0.2) is 0 Å². The number of nitrogens with two attached hydrogens (primary N) is 2. The van der Waals surface area contributed by atoms with E-state index in [-0.39, 0.29) is 17.8 Å². The zero-order valence-electron chi connectivity index (χ0n) is 12.7. The molecule has 0 spiro atoms. The minimum atomic E-state index is 0.210. The van der Waals surface area contributed by atoms with E-state index in [0.29, 0.717) is 17.4 Å². The first kappa shape index (κ1) is 17.0. The first-order chi connectivity index (χ1) is 10.5. The molecule has 0 radical (unpaired) electrons. The van der Waals surface area contributed by atoms with E-state index in [2.05, 4.69) is 19.9 Å². The van der Waals surface area contributed by atoms with Crippen LogP contribution in [0.4, 0.5) is 11.6 Å². The molecule has 0 aliphatic heterocycles. The molecule has 0 saturated carbocycles. The van der Waals surface area contributed by atoms with E-state index < -0.39 is 0 Å². The van der Waals surface area contributed by atoms with Crippen LogP contribution in [0, 0.1) is 0 Å². The maximum absolute atomic E-state index is 5.45. The normalized spacial score (nSPS) is 9.27. The second kappa shape index (κ2) is 8.29. The van der Waals surface area contributed by atoms with Gasteiger partial charge in [0, 0.05) is 6.07 Å². The molecule has 2 rings (SSSR count). The SMILES string of the molecule is COc1cc(N)nc(OC)n1.COc1ncc(OC)c(N)n1. The molecule has 0 unspecified atom stereocenters. The summed E-state index contributed by atoms with van der Waals surface area (Å²) in [5, 5.41) is 0. The fraction of sp³-hybridized carbons (Fsp3) is 0.333. The van der Waals surface area contributed by atoms with E-state index in [1.165, 1.54) is 40.7 Å². The smallest absolute Gasteiger partial charge is 0.321 e. The van der Waals surface area contributed by atoms with Gasteiger partial charge in [0.2, 0.25) is 5.88 Å². The number of methoxy groups -OCH3 is 4. The largest absolute Gasteiger partial charge is 0.491 e. The molecule has 22 heavy (non-hydrogen) atoms. The highest BCUT2D eigenvalue weighted by Crippen LogP contribution is 2.18. The van der Waals surface area contributed by atoms with E-state index in [1.807, 2.05) is 0 Å². The van der Waals surface area contributed by atoms with Crippen molar-refractivity contribution in [1.82, 2.24) is 19.9 Å². The molecule has 0 saturated heterocycles. The highest BCUT2D eigenvalue weighted by Gasteiger charge is 2.02. The average molecular weight is 310 g/mol. The second-order valence-corrected chi connectivity index (χ2v) is 3.63. The molecule has 0 aliphatic carbocycles. The Labute approximate surface area is 127 Å². The number of aromatic nitrogens is 4. The highest BCUT2D eigenvalue weighted by atomic mass is 16.5. The third-order valence-corrected chi connectivity index (χ3v) is 2.26. The van der Waals surface area contributed by atoms with Crippen LogP contribution in [0.25, 0.3) is 0 Å². The van der Waals surface area contributed by atoms with Crippen molar-refractivity contribution in [3.05, 3.63) is 12.3 Å². The molecule has 0 amide bonds. The summed E-state index contributed by atoms with van der Waals surface area (Å²) in [4.78, 5) is 15.2. The third kappa shape index (κ3) is 4.81. The molecule has 10 nitrogen and oxygen atoms in total. The van der Waals surface area contributed by atoms with Gasteiger partial charge in [-0.3, -0.25) is 0 Å². The number of rotatable bonds is 4. The first-order valence-electron chi connectivity index (χ1n) is 5.97. The molecule has 10 heteroatoms. The van der Waals surface area contributed by atoms with Gasteiger partial charge < -0.3 is 30.4 Å². The molecule has 0 bridgehead atoms. The molecule has 4 N–H and O–H groups in total. The van der Waals surface area contributed by atoms with E-state index >= 15 is 0 Å². The van der Waals surface area contributed by atoms with Gasteiger partial charge in [0.05, 0.1) is 34.6 Å². The van der Waals surface area contributed by atoms with Gasteiger partial charge in [-0.1, -0.05) is 0 Å². The quantitative estimate of drug-likeness (QED) is 0.801. The van der Waals surface area contributed by atoms with Crippen molar-refractivity contribution in [3.63, 3.8) is 0 Å². The summed E-state index contributed by atoms with van der Waals surface area (Å²) in [6.45, 7) is 0. The number of ether oxygens (including phenoxy) is 4. The summed E-state index contributed by atoms with van der Waals surface area (Å²) in [6.07, 6.45) is 1.46. The van der Waals surface area contributed by atoms with Gasteiger partial charge in [0.15, 0.2) is 11.6 Å². The topological polar surface area (TPSA) is 141 Å². The lowest BCUT2D eigenvalue weighted by atomic mass is 10.5. The van der Waals surface area contributed by atoms with Crippen molar-refractivity contribution >= 4 is 11.6 Å². The lowest BCUT2D eigenvalue weighted by Crippen LogP contribution is -1.99. The van der Waals surface area contributed by atoms with Gasteiger partial charge in [-0.15, -0.1) is 0 Å². The van der Waals surface area contributed by atoms with Crippen LogP contribution in [0.5, 0.6) is 23.7 Å². The highest BCUT2D eigenvalue weighted by molar-refractivity contribution is 5.44. The summed E-state index contributed by atoms with van der Waals surface area (Å²) < 4.78 is 19.2. The summed E-state index contributed by atoms with van der Waals surface area (Å²) in [7, 11) is 5.94. The van der Waals surface area contributed by atoms with Crippen molar-refractivity contribution in [1.29, 1.82) is 0 Å². The Morgan fingerprint density at radius 1 is 0.818 bits per heavy atom. The van der Waals surface area contributed by atoms with Gasteiger partial charge >= 0.3 is 12.0 Å². The van der Waals surface area contributed by atoms with Crippen LogP contribution in [0.2, 0.25) is 0 Å². The summed E-state index contributed by atoms with van der Waals surface area (Å²) in [5.74, 6) is 1.45. The minimum Gasteiger partial charge on any atom is -0.491 e. The van der Waals surface area contributed by atoms with Crippen LogP contribution in [0.15, 0.2) is 12.3 Å². The fourth-order valence-corrected chi connectivity index (χ4v) is 1.24. The van der Waals surface area contributed by atoms with Crippen LogP contribution in [-0.4, -0.2) is 48.4 Å². The summed E-state index contributed by atoms with van der Waals surface area (Å²) >= 11 is 0. The van der Waals surface area contributed by atoms with E-state index in [0.717, 1.165) is 0 Å². The van der Waals surface area contributed by atoms with Crippen molar-refractivity contribution in [3.8, 4) is 23.7 Å². The van der Waals surface area contributed by atoms with Crippen LogP contribution in [-0.2, 0) is 0 Å². The number of hydrogen-bond acceptors (Lipinski definition) is 10. The van der Waals surface area contributed by atoms with Gasteiger partial charge in [-0.2, -0.15) is 19.9 Å². The van der Waals surface area contributed by atoms with Crippen LogP contribution in [0.1, 0.15) is 0 Å². The minimum absolute atomic E-state index is 0.210. The Morgan fingerprint density at radius 2 is 1.50 bits per heavy atom. The van der Waals surface area contributed by atoms with Crippen LogP contribution in [0.3, 0.4) is 0 Å². The Bertz CT molecular complexity index is 588. The molecule has 0 atom stereocenters. The van der Waals surface area contributed by atoms with Gasteiger partial charge in [-0.05, 0) is 0 Å². The maximum Gasteiger partial charge on any atom is 0.321 e. The zero-order chi connectivity index (χ0) is 16.5. The standard InChI is InChI=1S/2C6H9N3O2/c1-10-4-3-8-6(11-2)9-5(4)7;1-10-5-3-4(7)8-6(9-5)11-2/h2*3H,1-2H3,(H2,7,8,9). The third-order valence-electron chi connectivity index (χ3n) is 2.26. The number of nitrogen functional groups attached to an aromatic ring is 2. The van der Waals surface area contributed by atoms with Crippen LogP contribution >= 0.6 is 0 Å². The summed E-state index contributed by atoms with van der Waals surface area (Å²) in [5.41, 5.74) is 10.9. The fourth-order valence-electron chi connectivity index (χ4n) is 1.24. The Kier molecular flexibility index (Phi) is 6.41. The molecule has 2 heterocycles. The van der Waals surface area contributed by atoms with Crippen molar-refractivity contribution in [2.75, 3.05) is 39.9 Å². The second-order valence-electron chi connectivity index (χ2n) is 3.63. The van der Waals surface area contributed by atoms with Gasteiger partial charge in [0.25, 0.3) is 0 Å². The zero-order valence-corrected chi connectivity index (χ0v) is 12.7. The summed E-state index contributed by atoms with van der Waals surface area (Å²) in [6, 6.07) is 1.97. The molecule has 2 aromatic rings. The number of anilines is 2. The number of nitrogens with zero attached hydrogens (tertiary/aromatic N) is 4. The molecule has 0 aromatic carbocycles. The number of hydrogen-bond donors (Lipinski definition) is 2. The molecule has 2 aromatic heterocycles. The Hall–Kier alpha value is -3.04. The van der Waals surface area contributed by atoms with Crippen LogP contribution < -0.4 is 30.4 Å². The molecular formula is C12H18N6O4. The van der Waals surface area contributed by atoms with Crippen molar-refractivity contribution < 1.29 is 18.9 Å².